The average Bonchev–Trinajstić information content (AvgIpc) is 2.76. The molecule has 0 saturated carbocycles. The van der Waals surface area contributed by atoms with Crippen LogP contribution >= 0.6 is 11.7 Å². The lowest BCUT2D eigenvalue weighted by Gasteiger charge is -2.20. The summed E-state index contributed by atoms with van der Waals surface area (Å²) in [6.45, 7) is 2.17. The van der Waals surface area contributed by atoms with Crippen LogP contribution in [0.4, 0.5) is 0 Å². The molecule has 1 aliphatic heterocycles. The fourth-order valence-corrected chi connectivity index (χ4v) is 2.20. The maximum absolute atomic E-state index is 9.09. The van der Waals surface area contributed by atoms with Crippen molar-refractivity contribution in [2.75, 3.05) is 13.2 Å². The van der Waals surface area contributed by atoms with E-state index in [9.17, 15) is 0 Å². The summed E-state index contributed by atoms with van der Waals surface area (Å²) in [5, 5.41) is 9.09. The SMILES string of the molecule is OC[C@H]1CCCN1Cc1cnsn1. The predicted octanol–water partition coefficient (Wildman–Crippen LogP) is 0.495. The summed E-state index contributed by atoms with van der Waals surface area (Å²) < 4.78 is 8.11. The van der Waals surface area contributed by atoms with Gasteiger partial charge in [-0.1, -0.05) is 0 Å². The lowest BCUT2D eigenvalue weighted by molar-refractivity contribution is 0.152. The molecule has 1 atom stereocenters. The third-order valence-corrected chi connectivity index (χ3v) is 3.00. The van der Waals surface area contributed by atoms with Gasteiger partial charge in [0.05, 0.1) is 30.2 Å². The van der Waals surface area contributed by atoms with Crippen LogP contribution in [0.5, 0.6) is 0 Å². The van der Waals surface area contributed by atoms with Crippen molar-refractivity contribution in [3.8, 4) is 0 Å². The van der Waals surface area contributed by atoms with Gasteiger partial charge in [0.1, 0.15) is 0 Å². The zero-order chi connectivity index (χ0) is 9.10. The highest BCUT2D eigenvalue weighted by atomic mass is 32.1. The molecule has 0 unspecified atom stereocenters. The van der Waals surface area contributed by atoms with Crippen LogP contribution in [0.3, 0.4) is 0 Å². The molecule has 13 heavy (non-hydrogen) atoms. The van der Waals surface area contributed by atoms with E-state index in [-0.39, 0.29) is 6.61 Å². The van der Waals surface area contributed by atoms with Crippen LogP contribution in [0, 0.1) is 0 Å². The van der Waals surface area contributed by atoms with Crippen LogP contribution in [-0.2, 0) is 6.54 Å². The number of aliphatic hydroxyl groups excluding tert-OH is 1. The van der Waals surface area contributed by atoms with Crippen molar-refractivity contribution in [3.63, 3.8) is 0 Å². The Bertz CT molecular complexity index is 252. The van der Waals surface area contributed by atoms with E-state index in [1.165, 1.54) is 18.1 Å². The van der Waals surface area contributed by atoms with Crippen molar-refractivity contribution < 1.29 is 5.11 Å². The number of rotatable bonds is 3. The van der Waals surface area contributed by atoms with Gasteiger partial charge in [-0.05, 0) is 19.4 Å². The molecule has 0 aliphatic carbocycles. The molecule has 1 N–H and O–H groups in total. The molecule has 2 heterocycles. The molecule has 1 aliphatic rings. The first-order valence-electron chi connectivity index (χ1n) is 4.51. The second-order valence-electron chi connectivity index (χ2n) is 3.35. The molecule has 0 aromatic carbocycles. The minimum Gasteiger partial charge on any atom is -0.395 e. The molecule has 1 aromatic heterocycles. The fourth-order valence-electron chi connectivity index (χ4n) is 1.77. The van der Waals surface area contributed by atoms with Gasteiger partial charge < -0.3 is 5.11 Å². The summed E-state index contributed by atoms with van der Waals surface area (Å²) in [4.78, 5) is 2.27. The number of likely N-dealkylation sites (tertiary alicyclic amines) is 1. The first kappa shape index (κ1) is 9.05. The molecule has 2 rings (SSSR count). The van der Waals surface area contributed by atoms with Gasteiger partial charge >= 0.3 is 0 Å². The standard InChI is InChI=1S/C8H13N3OS/c12-6-8-2-1-3-11(8)5-7-4-9-13-10-7/h4,8,12H,1-3,5-6H2/t8-/m1/s1. The minimum atomic E-state index is 0.261. The van der Waals surface area contributed by atoms with Crippen molar-refractivity contribution >= 4 is 11.7 Å². The van der Waals surface area contributed by atoms with E-state index in [2.05, 4.69) is 13.6 Å². The smallest absolute Gasteiger partial charge is 0.0883 e. The Morgan fingerprint density at radius 1 is 1.69 bits per heavy atom. The summed E-state index contributed by atoms with van der Waals surface area (Å²) in [5.74, 6) is 0. The predicted molar refractivity (Wildman–Crippen MR) is 50.4 cm³/mol. The molecule has 72 valence electrons. The van der Waals surface area contributed by atoms with Crippen molar-refractivity contribution in [1.29, 1.82) is 0 Å². The van der Waals surface area contributed by atoms with E-state index in [4.69, 9.17) is 5.11 Å². The molecule has 0 amide bonds. The molecule has 1 fully saturated rings. The maximum atomic E-state index is 9.09. The van der Waals surface area contributed by atoms with Crippen molar-refractivity contribution in [3.05, 3.63) is 11.9 Å². The monoisotopic (exact) mass is 199 g/mol. The number of aromatic nitrogens is 2. The van der Waals surface area contributed by atoms with E-state index in [0.717, 1.165) is 25.2 Å². The van der Waals surface area contributed by atoms with Crippen molar-refractivity contribution in [2.24, 2.45) is 0 Å². The Labute approximate surface area is 81.5 Å². The lowest BCUT2D eigenvalue weighted by Crippen LogP contribution is -2.31. The van der Waals surface area contributed by atoms with Crippen molar-refractivity contribution in [1.82, 2.24) is 13.6 Å². The Morgan fingerprint density at radius 3 is 3.31 bits per heavy atom. The minimum absolute atomic E-state index is 0.261. The largest absolute Gasteiger partial charge is 0.395 e. The summed E-state index contributed by atoms with van der Waals surface area (Å²) in [7, 11) is 0. The van der Waals surface area contributed by atoms with E-state index in [1.54, 1.807) is 6.20 Å². The van der Waals surface area contributed by atoms with E-state index >= 15 is 0 Å². The normalized spacial score (nSPS) is 23.9. The molecular formula is C8H13N3OS. The Kier molecular flexibility index (Phi) is 2.87. The van der Waals surface area contributed by atoms with Gasteiger partial charge in [-0.3, -0.25) is 4.90 Å². The zero-order valence-corrected chi connectivity index (χ0v) is 8.20. The molecule has 0 radical (unpaired) electrons. The van der Waals surface area contributed by atoms with Crippen LogP contribution < -0.4 is 0 Å². The molecule has 0 bridgehead atoms. The quantitative estimate of drug-likeness (QED) is 0.770. The second kappa shape index (κ2) is 4.13. The second-order valence-corrected chi connectivity index (χ2v) is 3.90. The third-order valence-electron chi connectivity index (χ3n) is 2.48. The summed E-state index contributed by atoms with van der Waals surface area (Å²) >= 11 is 1.24. The van der Waals surface area contributed by atoms with Gasteiger partial charge in [-0.25, -0.2) is 0 Å². The van der Waals surface area contributed by atoms with E-state index in [1.807, 2.05) is 0 Å². The Morgan fingerprint density at radius 2 is 2.62 bits per heavy atom. The van der Waals surface area contributed by atoms with Gasteiger partial charge in [0.15, 0.2) is 0 Å². The summed E-state index contributed by atoms with van der Waals surface area (Å²) in [5.41, 5.74) is 1.02. The van der Waals surface area contributed by atoms with Crippen LogP contribution in [0.1, 0.15) is 18.5 Å². The average molecular weight is 199 g/mol. The first-order chi connectivity index (χ1) is 6.40. The highest BCUT2D eigenvalue weighted by Crippen LogP contribution is 2.18. The molecule has 0 spiro atoms. The maximum Gasteiger partial charge on any atom is 0.0883 e. The highest BCUT2D eigenvalue weighted by molar-refractivity contribution is 6.99. The molecule has 1 saturated heterocycles. The molecule has 4 nitrogen and oxygen atoms in total. The molecular weight excluding hydrogens is 186 g/mol. The van der Waals surface area contributed by atoms with Crippen LogP contribution in [0.25, 0.3) is 0 Å². The number of hydrogen-bond acceptors (Lipinski definition) is 5. The number of nitrogens with zero attached hydrogens (tertiary/aromatic N) is 3. The van der Waals surface area contributed by atoms with Gasteiger partial charge in [0, 0.05) is 12.6 Å². The molecule has 5 heteroatoms. The van der Waals surface area contributed by atoms with Crippen molar-refractivity contribution in [2.45, 2.75) is 25.4 Å². The van der Waals surface area contributed by atoms with Gasteiger partial charge in [-0.2, -0.15) is 8.75 Å². The number of aliphatic hydroxyl groups is 1. The Hall–Kier alpha value is -0.520. The van der Waals surface area contributed by atoms with Crippen LogP contribution in [-0.4, -0.2) is 37.9 Å². The highest BCUT2D eigenvalue weighted by Gasteiger charge is 2.23. The van der Waals surface area contributed by atoms with Gasteiger partial charge in [0.2, 0.25) is 0 Å². The fraction of sp³-hybridized carbons (Fsp3) is 0.750. The zero-order valence-electron chi connectivity index (χ0n) is 7.39. The topological polar surface area (TPSA) is 49.2 Å². The van der Waals surface area contributed by atoms with Gasteiger partial charge in [0.25, 0.3) is 0 Å². The first-order valence-corrected chi connectivity index (χ1v) is 5.24. The van der Waals surface area contributed by atoms with E-state index < -0.39 is 0 Å². The summed E-state index contributed by atoms with van der Waals surface area (Å²) in [6, 6.07) is 0.335. The van der Waals surface area contributed by atoms with E-state index in [0.29, 0.717) is 6.04 Å². The molecule has 1 aromatic rings. The number of hydrogen-bond donors (Lipinski definition) is 1. The van der Waals surface area contributed by atoms with Crippen LogP contribution in [0.15, 0.2) is 6.20 Å². The summed E-state index contributed by atoms with van der Waals surface area (Å²) in [6.07, 6.45) is 4.09. The Balaban J connectivity index is 1.94. The van der Waals surface area contributed by atoms with Crippen LogP contribution in [0.2, 0.25) is 0 Å². The third kappa shape index (κ3) is 2.04. The lowest BCUT2D eigenvalue weighted by atomic mass is 10.2. The van der Waals surface area contributed by atoms with Gasteiger partial charge in [-0.15, -0.1) is 0 Å².